The predicted molar refractivity (Wildman–Crippen MR) is 91.4 cm³/mol. The third kappa shape index (κ3) is 2.62. The number of rotatable bonds is 5. The molecule has 2 aromatic rings. The molecule has 2 aliphatic rings. The smallest absolute Gasteiger partial charge is 0.233 e. The van der Waals surface area contributed by atoms with E-state index >= 15 is 0 Å². The largest absolute Gasteiger partial charge is 0.342 e. The molecule has 1 aliphatic carbocycles. The molecule has 5 heteroatoms. The molecule has 1 amide bonds. The van der Waals surface area contributed by atoms with Gasteiger partial charge in [-0.2, -0.15) is 0 Å². The number of nitrogens with zero attached hydrogens (tertiary/aromatic N) is 4. The van der Waals surface area contributed by atoms with E-state index in [0.29, 0.717) is 11.8 Å². The molecule has 1 aromatic heterocycles. The van der Waals surface area contributed by atoms with Gasteiger partial charge in [0.05, 0.1) is 5.41 Å². The molecule has 1 saturated heterocycles. The standard InChI is InChI=1S/C19H24N4O/c1-2-22-14-20-21-17(22)12-15-8-11-23(13-15)18(24)19(9-10-19)16-6-4-3-5-7-16/h3-7,14-15H,2,8-13H2,1H3. The Labute approximate surface area is 142 Å². The molecule has 1 saturated carbocycles. The molecule has 0 spiro atoms. The monoisotopic (exact) mass is 324 g/mol. The highest BCUT2D eigenvalue weighted by atomic mass is 16.2. The van der Waals surface area contributed by atoms with E-state index in [4.69, 9.17) is 0 Å². The topological polar surface area (TPSA) is 51.0 Å². The highest BCUT2D eigenvalue weighted by Gasteiger charge is 2.53. The number of likely N-dealkylation sites (tertiary alicyclic amines) is 1. The third-order valence-electron chi connectivity index (χ3n) is 5.57. The first-order valence-electron chi connectivity index (χ1n) is 8.94. The summed E-state index contributed by atoms with van der Waals surface area (Å²) in [6.45, 7) is 4.73. The van der Waals surface area contributed by atoms with Gasteiger partial charge in [0, 0.05) is 26.1 Å². The van der Waals surface area contributed by atoms with E-state index in [1.165, 1.54) is 5.56 Å². The lowest BCUT2D eigenvalue weighted by molar-refractivity contribution is -0.133. The first kappa shape index (κ1) is 15.4. The lowest BCUT2D eigenvalue weighted by atomic mass is 9.94. The van der Waals surface area contributed by atoms with Gasteiger partial charge in [0.1, 0.15) is 12.2 Å². The summed E-state index contributed by atoms with van der Waals surface area (Å²) in [6.07, 6.45) is 5.74. The Hall–Kier alpha value is -2.17. The maximum Gasteiger partial charge on any atom is 0.233 e. The number of benzene rings is 1. The first-order chi connectivity index (χ1) is 11.7. The van der Waals surface area contributed by atoms with Gasteiger partial charge in [-0.1, -0.05) is 30.3 Å². The van der Waals surface area contributed by atoms with Gasteiger partial charge in [-0.05, 0) is 37.7 Å². The Kier molecular flexibility index (Phi) is 3.87. The van der Waals surface area contributed by atoms with Gasteiger partial charge in [-0.25, -0.2) is 0 Å². The first-order valence-corrected chi connectivity index (χ1v) is 8.94. The number of carbonyl (C=O) groups excluding carboxylic acids is 1. The van der Waals surface area contributed by atoms with E-state index in [0.717, 1.165) is 51.1 Å². The van der Waals surface area contributed by atoms with Crippen molar-refractivity contribution in [2.75, 3.05) is 13.1 Å². The maximum atomic E-state index is 13.1. The minimum absolute atomic E-state index is 0.237. The summed E-state index contributed by atoms with van der Waals surface area (Å²) in [5.74, 6) is 1.86. The molecular weight excluding hydrogens is 300 g/mol. The number of aryl methyl sites for hydroxylation is 1. The summed E-state index contributed by atoms with van der Waals surface area (Å²) in [6, 6.07) is 10.3. The van der Waals surface area contributed by atoms with Crippen molar-refractivity contribution in [1.29, 1.82) is 0 Å². The molecule has 1 unspecified atom stereocenters. The summed E-state index contributed by atoms with van der Waals surface area (Å²) >= 11 is 0. The molecule has 1 aliphatic heterocycles. The second-order valence-corrected chi connectivity index (χ2v) is 7.09. The minimum atomic E-state index is -0.237. The van der Waals surface area contributed by atoms with Crippen molar-refractivity contribution in [1.82, 2.24) is 19.7 Å². The van der Waals surface area contributed by atoms with Crippen LogP contribution in [0, 0.1) is 5.92 Å². The maximum absolute atomic E-state index is 13.1. The lowest BCUT2D eigenvalue weighted by Crippen LogP contribution is -2.38. The molecule has 24 heavy (non-hydrogen) atoms. The minimum Gasteiger partial charge on any atom is -0.342 e. The van der Waals surface area contributed by atoms with Gasteiger partial charge >= 0.3 is 0 Å². The van der Waals surface area contributed by atoms with Crippen LogP contribution >= 0.6 is 0 Å². The van der Waals surface area contributed by atoms with E-state index in [1.54, 1.807) is 6.33 Å². The lowest BCUT2D eigenvalue weighted by Gasteiger charge is -2.23. The molecule has 126 valence electrons. The van der Waals surface area contributed by atoms with Crippen molar-refractivity contribution < 1.29 is 4.79 Å². The van der Waals surface area contributed by atoms with E-state index in [9.17, 15) is 4.79 Å². The molecule has 1 aromatic carbocycles. The van der Waals surface area contributed by atoms with Gasteiger partial charge in [0.25, 0.3) is 0 Å². The zero-order valence-electron chi connectivity index (χ0n) is 14.2. The number of amides is 1. The zero-order valence-corrected chi connectivity index (χ0v) is 14.2. The molecule has 0 radical (unpaired) electrons. The van der Waals surface area contributed by atoms with Crippen molar-refractivity contribution in [2.45, 2.75) is 44.6 Å². The Bertz CT molecular complexity index is 720. The van der Waals surface area contributed by atoms with Gasteiger partial charge < -0.3 is 9.47 Å². The molecule has 0 N–H and O–H groups in total. The van der Waals surface area contributed by atoms with Crippen LogP contribution in [0.4, 0.5) is 0 Å². The fourth-order valence-electron chi connectivity index (χ4n) is 3.95. The fourth-order valence-corrected chi connectivity index (χ4v) is 3.95. The second kappa shape index (κ2) is 6.04. The van der Waals surface area contributed by atoms with Crippen LogP contribution < -0.4 is 0 Å². The number of hydrogen-bond acceptors (Lipinski definition) is 3. The summed E-state index contributed by atoms with van der Waals surface area (Å²) in [7, 11) is 0. The van der Waals surface area contributed by atoms with Crippen molar-refractivity contribution in [2.24, 2.45) is 5.92 Å². The summed E-state index contributed by atoms with van der Waals surface area (Å²) < 4.78 is 2.09. The Morgan fingerprint density at radius 2 is 2.08 bits per heavy atom. The molecule has 2 fully saturated rings. The van der Waals surface area contributed by atoms with E-state index in [1.807, 2.05) is 18.2 Å². The Morgan fingerprint density at radius 3 is 2.79 bits per heavy atom. The van der Waals surface area contributed by atoms with Crippen LogP contribution in [0.1, 0.15) is 37.6 Å². The summed E-state index contributed by atoms with van der Waals surface area (Å²) in [4.78, 5) is 15.2. The van der Waals surface area contributed by atoms with E-state index < -0.39 is 0 Å². The van der Waals surface area contributed by atoms with Gasteiger partial charge in [-0.15, -0.1) is 10.2 Å². The summed E-state index contributed by atoms with van der Waals surface area (Å²) in [5.41, 5.74) is 0.948. The zero-order chi connectivity index (χ0) is 16.6. The van der Waals surface area contributed by atoms with Crippen molar-refractivity contribution in [3.8, 4) is 0 Å². The Morgan fingerprint density at radius 1 is 1.29 bits per heavy atom. The van der Waals surface area contributed by atoms with E-state index in [2.05, 4.69) is 38.7 Å². The van der Waals surface area contributed by atoms with Crippen molar-refractivity contribution in [3.05, 3.63) is 48.0 Å². The highest BCUT2D eigenvalue weighted by Crippen LogP contribution is 2.50. The number of carbonyl (C=O) groups is 1. The fraction of sp³-hybridized carbons (Fsp3) is 0.526. The quantitative estimate of drug-likeness (QED) is 0.849. The van der Waals surface area contributed by atoms with Crippen LogP contribution in [0.5, 0.6) is 0 Å². The molecule has 5 nitrogen and oxygen atoms in total. The van der Waals surface area contributed by atoms with Crippen LogP contribution in [0.2, 0.25) is 0 Å². The molecule has 2 heterocycles. The normalized spacial score (nSPS) is 21.9. The van der Waals surface area contributed by atoms with Crippen LogP contribution in [0.25, 0.3) is 0 Å². The molecule has 4 rings (SSSR count). The van der Waals surface area contributed by atoms with Gasteiger partial charge in [0.15, 0.2) is 0 Å². The van der Waals surface area contributed by atoms with Gasteiger partial charge in [-0.3, -0.25) is 4.79 Å². The number of aromatic nitrogens is 3. The molecular formula is C19H24N4O. The van der Waals surface area contributed by atoms with Crippen LogP contribution in [0.3, 0.4) is 0 Å². The SMILES string of the molecule is CCn1cnnc1CC1CCN(C(=O)C2(c3ccccc3)CC2)C1. The average molecular weight is 324 g/mol. The van der Waals surface area contributed by atoms with Crippen molar-refractivity contribution >= 4 is 5.91 Å². The molecule has 0 bridgehead atoms. The molecule has 1 atom stereocenters. The van der Waals surface area contributed by atoms with Crippen LogP contribution in [-0.2, 0) is 23.2 Å². The summed E-state index contributed by atoms with van der Waals surface area (Å²) in [5, 5.41) is 8.25. The van der Waals surface area contributed by atoms with Gasteiger partial charge in [0.2, 0.25) is 5.91 Å². The van der Waals surface area contributed by atoms with E-state index in [-0.39, 0.29) is 5.41 Å². The van der Waals surface area contributed by atoms with Crippen LogP contribution in [0.15, 0.2) is 36.7 Å². The predicted octanol–water partition coefficient (Wildman–Crippen LogP) is 2.42. The third-order valence-corrected chi connectivity index (χ3v) is 5.57. The Balaban J connectivity index is 1.43. The van der Waals surface area contributed by atoms with Crippen LogP contribution in [-0.4, -0.2) is 38.7 Å². The highest BCUT2D eigenvalue weighted by molar-refractivity contribution is 5.91. The average Bonchev–Trinajstić information content (AvgIpc) is 3.09. The number of hydrogen-bond donors (Lipinski definition) is 0. The van der Waals surface area contributed by atoms with Crippen molar-refractivity contribution in [3.63, 3.8) is 0 Å². The second-order valence-electron chi connectivity index (χ2n) is 7.09.